The number of imide groups is 1. The van der Waals surface area contributed by atoms with Crippen LogP contribution in [0.25, 0.3) is 0 Å². The molecule has 7 nitrogen and oxygen atoms in total. The lowest BCUT2D eigenvalue weighted by Gasteiger charge is -2.16. The molecular formula is C11H23N3O4. The molecule has 3 N–H and O–H groups in total. The molecule has 106 valence electrons. The highest BCUT2D eigenvalue weighted by Crippen LogP contribution is 1.84. The molecule has 0 aromatic carbocycles. The average molecular weight is 261 g/mol. The first-order valence-corrected chi connectivity index (χ1v) is 5.93. The highest BCUT2D eigenvalue weighted by Gasteiger charge is 2.10. The molecule has 0 rings (SSSR count). The zero-order valence-corrected chi connectivity index (χ0v) is 11.2. The molecule has 7 heteroatoms. The lowest BCUT2D eigenvalue weighted by Crippen LogP contribution is -2.46. The summed E-state index contributed by atoms with van der Waals surface area (Å²) in [6.07, 6.45) is 0. The Hall–Kier alpha value is -1.18. The topological polar surface area (TPSA) is 90.9 Å². The molecule has 0 aromatic heterocycles. The third kappa shape index (κ3) is 10.0. The van der Waals surface area contributed by atoms with E-state index >= 15 is 0 Å². The molecule has 0 bridgehead atoms. The molecule has 18 heavy (non-hydrogen) atoms. The second kappa shape index (κ2) is 9.81. The van der Waals surface area contributed by atoms with Crippen molar-refractivity contribution in [3.8, 4) is 0 Å². The summed E-state index contributed by atoms with van der Waals surface area (Å²) >= 11 is 0. The van der Waals surface area contributed by atoms with Crippen molar-refractivity contribution >= 4 is 11.9 Å². The number of carbonyl (C=O) groups is 2. The van der Waals surface area contributed by atoms with Gasteiger partial charge >= 0.3 is 6.03 Å². The fraction of sp³-hybridized carbons (Fsp3) is 0.818. The van der Waals surface area contributed by atoms with E-state index in [0.717, 1.165) is 0 Å². The number of hydrogen-bond donors (Lipinski definition) is 3. The molecule has 3 amide bonds. The van der Waals surface area contributed by atoms with Gasteiger partial charge in [0.2, 0.25) is 5.91 Å². The van der Waals surface area contributed by atoms with Gasteiger partial charge in [0.05, 0.1) is 26.4 Å². The summed E-state index contributed by atoms with van der Waals surface area (Å²) in [5, 5.41) is 13.3. The zero-order valence-electron chi connectivity index (χ0n) is 11.2. The molecule has 0 heterocycles. The summed E-state index contributed by atoms with van der Waals surface area (Å²) in [4.78, 5) is 24.4. The fourth-order valence-electron chi connectivity index (χ4n) is 1.18. The molecule has 0 fully saturated rings. The van der Waals surface area contributed by atoms with Gasteiger partial charge in [0.25, 0.3) is 0 Å². The normalized spacial score (nSPS) is 10.8. The van der Waals surface area contributed by atoms with E-state index < -0.39 is 6.03 Å². The van der Waals surface area contributed by atoms with E-state index in [2.05, 4.69) is 10.6 Å². The second-order valence-corrected chi connectivity index (χ2v) is 4.25. The van der Waals surface area contributed by atoms with Crippen LogP contribution in [0.1, 0.15) is 13.8 Å². The minimum absolute atomic E-state index is 0.0117. The van der Waals surface area contributed by atoms with Crippen LogP contribution >= 0.6 is 0 Å². The Morgan fingerprint density at radius 3 is 2.56 bits per heavy atom. The van der Waals surface area contributed by atoms with E-state index in [1.807, 2.05) is 13.8 Å². The summed E-state index contributed by atoms with van der Waals surface area (Å²) < 4.78 is 5.07. The third-order valence-electron chi connectivity index (χ3n) is 1.94. The number of ether oxygens (including phenoxy) is 1. The summed E-state index contributed by atoms with van der Waals surface area (Å²) in [7, 11) is 1.75. The van der Waals surface area contributed by atoms with Gasteiger partial charge in [0.15, 0.2) is 0 Å². The van der Waals surface area contributed by atoms with Crippen molar-refractivity contribution in [2.45, 2.75) is 19.9 Å². The molecule has 0 saturated heterocycles. The van der Waals surface area contributed by atoms with E-state index in [-0.39, 0.29) is 31.7 Å². The monoisotopic (exact) mass is 261 g/mol. The van der Waals surface area contributed by atoms with Gasteiger partial charge < -0.3 is 15.2 Å². The maximum Gasteiger partial charge on any atom is 0.321 e. The van der Waals surface area contributed by atoms with Gasteiger partial charge in [-0.1, -0.05) is 0 Å². The van der Waals surface area contributed by atoms with Crippen molar-refractivity contribution in [2.24, 2.45) is 0 Å². The van der Waals surface area contributed by atoms with Crippen molar-refractivity contribution in [3.05, 3.63) is 0 Å². The van der Waals surface area contributed by atoms with Crippen molar-refractivity contribution < 1.29 is 19.4 Å². The van der Waals surface area contributed by atoms with Crippen LogP contribution in [0.2, 0.25) is 0 Å². The number of carbonyl (C=O) groups excluding carboxylic acids is 2. The summed E-state index contributed by atoms with van der Waals surface area (Å²) in [5.41, 5.74) is 0. The minimum Gasteiger partial charge on any atom is -0.394 e. The van der Waals surface area contributed by atoms with E-state index in [4.69, 9.17) is 9.84 Å². The molecule has 0 spiro atoms. The maximum atomic E-state index is 11.4. The minimum atomic E-state index is -0.486. The standard InChI is InChI=1S/C11H23N3O4/c1-9(2)12-11(17)13-10(16)8-14(3)4-6-18-7-5-15/h9,15H,4-8H2,1-3H3,(H2,12,13,16,17). The van der Waals surface area contributed by atoms with Crippen LogP contribution in [0.5, 0.6) is 0 Å². The molecule has 0 aliphatic carbocycles. The molecule has 0 aliphatic rings. The van der Waals surface area contributed by atoms with Crippen molar-refractivity contribution in [1.82, 2.24) is 15.5 Å². The van der Waals surface area contributed by atoms with Crippen molar-refractivity contribution in [3.63, 3.8) is 0 Å². The molecule has 0 atom stereocenters. The third-order valence-corrected chi connectivity index (χ3v) is 1.94. The lowest BCUT2D eigenvalue weighted by molar-refractivity contribution is -0.121. The van der Waals surface area contributed by atoms with Crippen molar-refractivity contribution in [1.29, 1.82) is 0 Å². The highest BCUT2D eigenvalue weighted by atomic mass is 16.5. The number of hydrogen-bond acceptors (Lipinski definition) is 5. The first kappa shape index (κ1) is 16.8. The largest absolute Gasteiger partial charge is 0.394 e. The summed E-state index contributed by atoms with van der Waals surface area (Å²) in [6.45, 7) is 5.01. The Kier molecular flexibility index (Phi) is 9.17. The number of nitrogens with zero attached hydrogens (tertiary/aromatic N) is 1. The molecule has 0 radical (unpaired) electrons. The average Bonchev–Trinajstić information content (AvgIpc) is 2.22. The number of nitrogens with one attached hydrogen (secondary N) is 2. The number of urea groups is 1. The molecule has 0 unspecified atom stereocenters. The highest BCUT2D eigenvalue weighted by molar-refractivity contribution is 5.95. The van der Waals surface area contributed by atoms with Crippen LogP contribution in [-0.4, -0.2) is 67.9 Å². The second-order valence-electron chi connectivity index (χ2n) is 4.25. The van der Waals surface area contributed by atoms with E-state index in [9.17, 15) is 9.59 Å². The van der Waals surface area contributed by atoms with Gasteiger partial charge in [-0.05, 0) is 20.9 Å². The Bertz CT molecular complexity index is 259. The SMILES string of the molecule is CC(C)NC(=O)NC(=O)CN(C)CCOCCO. The first-order valence-electron chi connectivity index (χ1n) is 5.93. The van der Waals surface area contributed by atoms with Gasteiger partial charge in [-0.25, -0.2) is 4.79 Å². The van der Waals surface area contributed by atoms with E-state index in [0.29, 0.717) is 13.2 Å². The van der Waals surface area contributed by atoms with Crippen LogP contribution in [0.4, 0.5) is 4.79 Å². The van der Waals surface area contributed by atoms with Gasteiger partial charge in [-0.3, -0.25) is 15.0 Å². The van der Waals surface area contributed by atoms with Crippen LogP contribution in [0.3, 0.4) is 0 Å². The predicted molar refractivity (Wildman–Crippen MR) is 67.2 cm³/mol. The van der Waals surface area contributed by atoms with Gasteiger partial charge in [0, 0.05) is 12.6 Å². The van der Waals surface area contributed by atoms with E-state index in [1.165, 1.54) is 0 Å². The zero-order chi connectivity index (χ0) is 14.0. The Morgan fingerprint density at radius 1 is 1.33 bits per heavy atom. The van der Waals surface area contributed by atoms with Crippen LogP contribution in [0, 0.1) is 0 Å². The maximum absolute atomic E-state index is 11.4. The number of rotatable bonds is 8. The predicted octanol–water partition coefficient (Wildman–Crippen LogP) is -0.839. The quantitative estimate of drug-likeness (QED) is 0.496. The summed E-state index contributed by atoms with van der Waals surface area (Å²) in [6, 6.07) is -0.498. The molecule has 0 aliphatic heterocycles. The van der Waals surface area contributed by atoms with Gasteiger partial charge in [-0.15, -0.1) is 0 Å². The lowest BCUT2D eigenvalue weighted by atomic mass is 10.4. The number of aliphatic hydroxyl groups excluding tert-OH is 1. The van der Waals surface area contributed by atoms with Crippen molar-refractivity contribution in [2.75, 3.05) is 40.0 Å². The van der Waals surface area contributed by atoms with Crippen LogP contribution in [-0.2, 0) is 9.53 Å². The van der Waals surface area contributed by atoms with Gasteiger partial charge in [0.1, 0.15) is 0 Å². The smallest absolute Gasteiger partial charge is 0.321 e. The first-order chi connectivity index (χ1) is 8.45. The summed E-state index contributed by atoms with van der Waals surface area (Å²) in [5.74, 6) is -0.363. The number of aliphatic hydroxyl groups is 1. The molecular weight excluding hydrogens is 238 g/mol. The Morgan fingerprint density at radius 2 is 2.00 bits per heavy atom. The Balaban J connectivity index is 3.69. The Labute approximate surface area is 107 Å². The molecule has 0 saturated carbocycles. The van der Waals surface area contributed by atoms with Crippen LogP contribution < -0.4 is 10.6 Å². The van der Waals surface area contributed by atoms with Crippen LogP contribution in [0.15, 0.2) is 0 Å². The number of likely N-dealkylation sites (N-methyl/N-ethyl adjacent to an activating group) is 1. The fourth-order valence-corrected chi connectivity index (χ4v) is 1.18. The van der Waals surface area contributed by atoms with E-state index in [1.54, 1.807) is 11.9 Å². The number of amides is 3. The molecule has 0 aromatic rings. The van der Waals surface area contributed by atoms with Gasteiger partial charge in [-0.2, -0.15) is 0 Å².